The Morgan fingerprint density at radius 3 is 1.61 bits per heavy atom. The molecule has 0 heterocycles. The van der Waals surface area contributed by atoms with Gasteiger partial charge in [0.1, 0.15) is 6.23 Å². The van der Waals surface area contributed by atoms with E-state index in [0.717, 1.165) is 32.2 Å². The lowest BCUT2D eigenvalue weighted by Crippen LogP contribution is -2.29. The third-order valence-electron chi connectivity index (χ3n) is 4.55. The van der Waals surface area contributed by atoms with Crippen LogP contribution in [0.4, 0.5) is 0 Å². The van der Waals surface area contributed by atoms with E-state index in [1.165, 1.54) is 77.0 Å². The van der Waals surface area contributed by atoms with Gasteiger partial charge in [-0.25, -0.2) is 0 Å². The van der Waals surface area contributed by atoms with Crippen LogP contribution < -0.4 is 5.32 Å². The summed E-state index contributed by atoms with van der Waals surface area (Å²) in [6.07, 6.45) is 20.0. The third-order valence-corrected chi connectivity index (χ3v) is 4.55. The summed E-state index contributed by atoms with van der Waals surface area (Å²) in [5, 5.41) is 21.5. The molecule has 1 atom stereocenters. The molecule has 0 aromatic heterocycles. The number of rotatable bonds is 19. The van der Waals surface area contributed by atoms with Gasteiger partial charge in [-0.05, 0) is 32.2 Å². The quantitative estimate of drug-likeness (QED) is 0.227. The molecule has 0 aromatic carbocycles. The van der Waals surface area contributed by atoms with Gasteiger partial charge in [0, 0.05) is 6.61 Å². The summed E-state index contributed by atoms with van der Waals surface area (Å²) in [6, 6.07) is 0. The molecule has 3 N–H and O–H groups in total. The maximum atomic E-state index is 9.75. The fourth-order valence-electron chi connectivity index (χ4n) is 2.96. The summed E-state index contributed by atoms with van der Waals surface area (Å²) in [7, 11) is 0. The van der Waals surface area contributed by atoms with E-state index in [0.29, 0.717) is 0 Å². The van der Waals surface area contributed by atoms with Crippen molar-refractivity contribution in [1.29, 1.82) is 0 Å². The molecule has 3 nitrogen and oxygen atoms in total. The second-order valence-corrected chi connectivity index (χ2v) is 6.93. The van der Waals surface area contributed by atoms with Crippen LogP contribution in [0, 0.1) is 0 Å². The molecule has 0 aliphatic carbocycles. The van der Waals surface area contributed by atoms with Crippen molar-refractivity contribution in [3.63, 3.8) is 0 Å². The van der Waals surface area contributed by atoms with Gasteiger partial charge in [-0.2, -0.15) is 0 Å². The standard InChI is InChI=1S/C20H43NO2/c1-2-3-4-5-6-7-8-9-10-11-12-13-14-17-20(23)21-18-15-16-19-22/h20-23H,2-19H2,1H3. The minimum absolute atomic E-state index is 0.247. The number of unbranched alkanes of at least 4 members (excludes halogenated alkanes) is 13. The average Bonchev–Trinajstić information content (AvgIpc) is 2.56. The highest BCUT2D eigenvalue weighted by Crippen LogP contribution is 2.13. The van der Waals surface area contributed by atoms with E-state index in [9.17, 15) is 5.11 Å². The fraction of sp³-hybridized carbons (Fsp3) is 1.00. The Morgan fingerprint density at radius 1 is 0.652 bits per heavy atom. The molecule has 0 bridgehead atoms. The fourth-order valence-corrected chi connectivity index (χ4v) is 2.96. The van der Waals surface area contributed by atoms with Gasteiger partial charge >= 0.3 is 0 Å². The lowest BCUT2D eigenvalue weighted by Gasteiger charge is -2.12. The SMILES string of the molecule is CCCCCCCCCCCCCCCC(O)NCCCCO. The molecule has 0 aliphatic rings. The molecule has 0 saturated heterocycles. The van der Waals surface area contributed by atoms with Crippen LogP contribution >= 0.6 is 0 Å². The van der Waals surface area contributed by atoms with Gasteiger partial charge in [-0.3, -0.25) is 5.32 Å². The predicted molar refractivity (Wildman–Crippen MR) is 101 cm³/mol. The molecule has 0 rings (SSSR count). The van der Waals surface area contributed by atoms with Crippen molar-refractivity contribution in [1.82, 2.24) is 5.32 Å². The highest BCUT2D eigenvalue weighted by molar-refractivity contribution is 4.55. The van der Waals surface area contributed by atoms with E-state index in [-0.39, 0.29) is 12.8 Å². The van der Waals surface area contributed by atoms with E-state index in [1.807, 2.05) is 0 Å². The number of aliphatic hydroxyl groups excluding tert-OH is 2. The molecule has 1 unspecified atom stereocenters. The van der Waals surface area contributed by atoms with Gasteiger partial charge in [0.15, 0.2) is 0 Å². The topological polar surface area (TPSA) is 52.5 Å². The second kappa shape index (κ2) is 19.9. The Morgan fingerprint density at radius 2 is 1.13 bits per heavy atom. The van der Waals surface area contributed by atoms with Crippen LogP contribution in [0.1, 0.15) is 110 Å². The first-order chi connectivity index (χ1) is 11.3. The van der Waals surface area contributed by atoms with Crippen molar-refractivity contribution in [2.45, 2.75) is 116 Å². The molecule has 0 saturated carbocycles. The van der Waals surface area contributed by atoms with Crippen molar-refractivity contribution < 1.29 is 10.2 Å². The van der Waals surface area contributed by atoms with Gasteiger partial charge < -0.3 is 10.2 Å². The van der Waals surface area contributed by atoms with Gasteiger partial charge in [-0.15, -0.1) is 0 Å². The largest absolute Gasteiger partial charge is 0.396 e. The molecule has 3 heteroatoms. The van der Waals surface area contributed by atoms with Gasteiger partial charge in [-0.1, -0.05) is 84.0 Å². The summed E-state index contributed by atoms with van der Waals surface area (Å²) in [5.74, 6) is 0. The maximum absolute atomic E-state index is 9.75. The average molecular weight is 330 g/mol. The van der Waals surface area contributed by atoms with Crippen LogP contribution in [-0.4, -0.2) is 29.6 Å². The second-order valence-electron chi connectivity index (χ2n) is 6.93. The number of hydrogen-bond acceptors (Lipinski definition) is 3. The number of nitrogens with one attached hydrogen (secondary N) is 1. The summed E-state index contributed by atoms with van der Waals surface area (Å²) in [4.78, 5) is 0. The molecule has 0 fully saturated rings. The zero-order valence-corrected chi connectivity index (χ0v) is 15.7. The monoisotopic (exact) mass is 329 g/mol. The first-order valence-electron chi connectivity index (χ1n) is 10.3. The molecular formula is C20H43NO2. The van der Waals surface area contributed by atoms with Crippen molar-refractivity contribution in [2.75, 3.05) is 13.2 Å². The predicted octanol–water partition coefficient (Wildman–Crippen LogP) is 5.15. The lowest BCUT2D eigenvalue weighted by atomic mass is 10.0. The highest BCUT2D eigenvalue weighted by atomic mass is 16.3. The Labute approximate surface area is 145 Å². The van der Waals surface area contributed by atoms with E-state index in [1.54, 1.807) is 0 Å². The van der Waals surface area contributed by atoms with Gasteiger partial charge in [0.25, 0.3) is 0 Å². The Bertz CT molecular complexity index is 212. The lowest BCUT2D eigenvalue weighted by molar-refractivity contribution is 0.123. The molecule has 0 amide bonds. The molecule has 0 radical (unpaired) electrons. The Hall–Kier alpha value is -0.120. The highest BCUT2D eigenvalue weighted by Gasteiger charge is 2.02. The first-order valence-corrected chi connectivity index (χ1v) is 10.3. The Balaban J connectivity index is 3.07. The molecule has 0 spiro atoms. The van der Waals surface area contributed by atoms with Crippen LogP contribution in [0.3, 0.4) is 0 Å². The zero-order valence-electron chi connectivity index (χ0n) is 15.7. The van der Waals surface area contributed by atoms with Gasteiger partial charge in [0.05, 0.1) is 0 Å². The number of aliphatic hydroxyl groups is 2. The summed E-state index contributed by atoms with van der Waals surface area (Å²) in [6.45, 7) is 3.33. The van der Waals surface area contributed by atoms with E-state index >= 15 is 0 Å². The van der Waals surface area contributed by atoms with Crippen LogP contribution in [0.15, 0.2) is 0 Å². The van der Waals surface area contributed by atoms with Crippen LogP contribution in [0.5, 0.6) is 0 Å². The van der Waals surface area contributed by atoms with Crippen molar-refractivity contribution in [2.24, 2.45) is 0 Å². The smallest absolute Gasteiger partial charge is 0.104 e. The normalized spacial score (nSPS) is 12.7. The molecule has 23 heavy (non-hydrogen) atoms. The maximum Gasteiger partial charge on any atom is 0.104 e. The van der Waals surface area contributed by atoms with Gasteiger partial charge in [0.2, 0.25) is 0 Å². The first kappa shape index (κ1) is 22.9. The van der Waals surface area contributed by atoms with E-state index in [4.69, 9.17) is 5.11 Å². The molecule has 140 valence electrons. The molecular weight excluding hydrogens is 286 g/mol. The van der Waals surface area contributed by atoms with Crippen molar-refractivity contribution in [3.05, 3.63) is 0 Å². The summed E-state index contributed by atoms with van der Waals surface area (Å²) < 4.78 is 0. The Kier molecular flexibility index (Phi) is 19.8. The zero-order chi connectivity index (χ0) is 17.0. The van der Waals surface area contributed by atoms with Crippen molar-refractivity contribution >= 4 is 0 Å². The van der Waals surface area contributed by atoms with Crippen molar-refractivity contribution in [3.8, 4) is 0 Å². The summed E-state index contributed by atoms with van der Waals surface area (Å²) >= 11 is 0. The number of hydrogen-bond donors (Lipinski definition) is 3. The minimum atomic E-state index is -0.360. The summed E-state index contributed by atoms with van der Waals surface area (Å²) in [5.41, 5.74) is 0. The minimum Gasteiger partial charge on any atom is -0.396 e. The molecule has 0 aromatic rings. The van der Waals surface area contributed by atoms with E-state index in [2.05, 4.69) is 12.2 Å². The van der Waals surface area contributed by atoms with Crippen LogP contribution in [0.25, 0.3) is 0 Å². The third kappa shape index (κ3) is 19.8. The van der Waals surface area contributed by atoms with E-state index < -0.39 is 0 Å². The molecule has 0 aliphatic heterocycles. The van der Waals surface area contributed by atoms with Crippen LogP contribution in [-0.2, 0) is 0 Å². The van der Waals surface area contributed by atoms with Crippen LogP contribution in [0.2, 0.25) is 0 Å².